The van der Waals surface area contributed by atoms with Crippen molar-refractivity contribution < 1.29 is 24.5 Å². The van der Waals surface area contributed by atoms with E-state index in [0.29, 0.717) is 23.8 Å². The van der Waals surface area contributed by atoms with Gasteiger partial charge in [0.15, 0.2) is 11.5 Å². The van der Waals surface area contributed by atoms with Gasteiger partial charge in [-0.1, -0.05) is 124 Å². The van der Waals surface area contributed by atoms with Crippen LogP contribution in [0.1, 0.15) is 134 Å². The maximum atomic E-state index is 12.9. The van der Waals surface area contributed by atoms with Gasteiger partial charge in [-0.2, -0.15) is 0 Å². The molecule has 1 heterocycles. The summed E-state index contributed by atoms with van der Waals surface area (Å²) in [5, 5.41) is 23.0. The van der Waals surface area contributed by atoms with Crippen LogP contribution in [0, 0.1) is 0 Å². The number of aromatic hydroxyl groups is 2. The Hall–Kier alpha value is -1.54. The summed E-state index contributed by atoms with van der Waals surface area (Å²) in [4.78, 5) is 25.6. The topological polar surface area (TPSA) is 95.9 Å². The monoisotopic (exact) mass is 609 g/mol. The smallest absolute Gasteiger partial charge is 0.328 e. The van der Waals surface area contributed by atoms with Gasteiger partial charge in [0.2, 0.25) is 5.91 Å². The molecule has 1 aromatic rings. The highest BCUT2D eigenvalue weighted by molar-refractivity contribution is 8.77. The van der Waals surface area contributed by atoms with E-state index >= 15 is 0 Å². The Morgan fingerprint density at radius 1 is 0.878 bits per heavy atom. The zero-order chi connectivity index (χ0) is 29.5. The number of carbonyl (C=O) groups is 2. The number of carbonyl (C=O) groups excluding carboxylic acids is 2. The van der Waals surface area contributed by atoms with Crippen molar-refractivity contribution in [1.82, 2.24) is 5.32 Å². The fourth-order valence-electron chi connectivity index (χ4n) is 5.18. The van der Waals surface area contributed by atoms with Crippen molar-refractivity contribution in [3.8, 4) is 11.5 Å². The molecule has 1 amide bonds. The molecule has 2 rings (SSSR count). The number of nitrogens with one attached hydrogen (secondary N) is 1. The van der Waals surface area contributed by atoms with E-state index in [1.807, 2.05) is 21.6 Å². The largest absolute Gasteiger partial charge is 0.504 e. The minimum Gasteiger partial charge on any atom is -0.504 e. The van der Waals surface area contributed by atoms with Crippen molar-refractivity contribution in [2.75, 3.05) is 12.4 Å². The first-order valence-corrected chi connectivity index (χ1v) is 18.6. The summed E-state index contributed by atoms with van der Waals surface area (Å²) in [6.07, 6.45) is 22.5. The molecule has 41 heavy (non-hydrogen) atoms. The molecule has 6 nitrogen and oxygen atoms in total. The molecule has 1 aliphatic heterocycles. The summed E-state index contributed by atoms with van der Waals surface area (Å²) in [6.45, 7) is 2.61. The van der Waals surface area contributed by atoms with Crippen LogP contribution in [-0.2, 0) is 20.7 Å². The second-order valence-electron chi connectivity index (χ2n) is 11.5. The highest BCUT2D eigenvalue weighted by Gasteiger charge is 2.23. The lowest BCUT2D eigenvalue weighted by Gasteiger charge is -2.18. The van der Waals surface area contributed by atoms with E-state index in [9.17, 15) is 19.8 Å². The molecule has 234 valence electrons. The quantitative estimate of drug-likeness (QED) is 0.0466. The van der Waals surface area contributed by atoms with E-state index in [1.165, 1.54) is 94.9 Å². The van der Waals surface area contributed by atoms with E-state index in [1.54, 1.807) is 6.07 Å². The number of phenols is 2. The molecule has 0 spiro atoms. The van der Waals surface area contributed by atoms with Crippen LogP contribution in [0.5, 0.6) is 11.5 Å². The molecular formula is C33H55NO5S2. The second-order valence-corrected chi connectivity index (χ2v) is 14.3. The molecule has 3 N–H and O–H groups in total. The first-order valence-electron chi connectivity index (χ1n) is 16.2. The van der Waals surface area contributed by atoms with Gasteiger partial charge in [-0.3, -0.25) is 4.79 Å². The Morgan fingerprint density at radius 2 is 1.51 bits per heavy atom. The maximum Gasteiger partial charge on any atom is 0.328 e. The Balaban J connectivity index is 1.62. The molecule has 0 radical (unpaired) electrons. The summed E-state index contributed by atoms with van der Waals surface area (Å²) in [7, 11) is 3.89. The van der Waals surface area contributed by atoms with E-state index in [2.05, 4.69) is 12.2 Å². The number of ether oxygens (including phenoxy) is 1. The van der Waals surface area contributed by atoms with E-state index < -0.39 is 12.0 Å². The van der Waals surface area contributed by atoms with Gasteiger partial charge in [0.25, 0.3) is 0 Å². The molecule has 1 aliphatic rings. The van der Waals surface area contributed by atoms with Gasteiger partial charge in [0.1, 0.15) is 6.04 Å². The minimum absolute atomic E-state index is 0.153. The van der Waals surface area contributed by atoms with Crippen molar-refractivity contribution in [1.29, 1.82) is 0 Å². The Labute approximate surface area is 257 Å². The molecule has 0 aromatic heterocycles. The summed E-state index contributed by atoms with van der Waals surface area (Å²) < 4.78 is 5.56. The zero-order valence-electron chi connectivity index (χ0n) is 25.4. The second kappa shape index (κ2) is 23.0. The molecule has 2 atom stereocenters. The van der Waals surface area contributed by atoms with E-state index in [-0.39, 0.29) is 23.8 Å². The summed E-state index contributed by atoms with van der Waals surface area (Å²) in [6, 6.07) is 3.64. The molecule has 1 aromatic carbocycles. The highest BCUT2D eigenvalue weighted by atomic mass is 33.1. The van der Waals surface area contributed by atoms with Crippen LogP contribution in [-0.4, -0.2) is 45.7 Å². The number of hydrogen-bond acceptors (Lipinski definition) is 7. The van der Waals surface area contributed by atoms with Gasteiger partial charge < -0.3 is 20.3 Å². The molecule has 1 fully saturated rings. The zero-order valence-corrected chi connectivity index (χ0v) is 27.0. The van der Waals surface area contributed by atoms with Crippen LogP contribution in [0.4, 0.5) is 0 Å². The van der Waals surface area contributed by atoms with Gasteiger partial charge in [0.05, 0.1) is 6.61 Å². The normalized spacial score (nSPS) is 15.6. The third-order valence-electron chi connectivity index (χ3n) is 7.75. The lowest BCUT2D eigenvalue weighted by molar-refractivity contribution is -0.148. The molecule has 0 aliphatic carbocycles. The predicted molar refractivity (Wildman–Crippen MR) is 174 cm³/mol. The van der Waals surface area contributed by atoms with Crippen LogP contribution in [0.3, 0.4) is 0 Å². The average Bonchev–Trinajstić information content (AvgIpc) is 3.48. The predicted octanol–water partition coefficient (Wildman–Crippen LogP) is 8.86. The first-order chi connectivity index (χ1) is 20.0. The van der Waals surface area contributed by atoms with E-state index in [0.717, 1.165) is 38.5 Å². The van der Waals surface area contributed by atoms with Crippen molar-refractivity contribution in [3.63, 3.8) is 0 Å². The van der Waals surface area contributed by atoms with Crippen LogP contribution in [0.15, 0.2) is 18.2 Å². The fourth-order valence-corrected chi connectivity index (χ4v) is 8.21. The standard InChI is InChI=1S/C33H55NO5S2/c1-2-3-4-5-6-7-8-9-10-11-12-13-14-17-23-39-33(38)29(25-27-20-21-30(35)31(36)26-27)34-32(37)19-16-15-18-28-22-24-40-41-28/h20-21,26,28-29,35-36H,2-19,22-25H2,1H3,(H,34,37). The SMILES string of the molecule is CCCCCCCCCCCCCCCCOC(=O)C(Cc1ccc(O)c(O)c1)NC(=O)CCCCC1CCSS1. The number of rotatable bonds is 24. The summed E-state index contributed by atoms with van der Waals surface area (Å²) >= 11 is 0. The Kier molecular flexibility index (Phi) is 20.0. The summed E-state index contributed by atoms with van der Waals surface area (Å²) in [5.41, 5.74) is 0.648. The number of phenolic OH excluding ortho intramolecular Hbond substituents is 2. The highest BCUT2D eigenvalue weighted by Crippen LogP contribution is 2.39. The number of amides is 1. The Bertz CT molecular complexity index is 847. The van der Waals surface area contributed by atoms with Crippen molar-refractivity contribution in [2.45, 2.75) is 147 Å². The third-order valence-corrected chi connectivity index (χ3v) is 10.8. The van der Waals surface area contributed by atoms with Crippen LogP contribution in [0.2, 0.25) is 0 Å². The fraction of sp³-hybridized carbons (Fsp3) is 0.758. The van der Waals surface area contributed by atoms with Crippen LogP contribution < -0.4 is 5.32 Å². The first kappa shape index (κ1) is 35.7. The number of esters is 1. The van der Waals surface area contributed by atoms with Crippen LogP contribution in [0.25, 0.3) is 0 Å². The Morgan fingerprint density at radius 3 is 2.10 bits per heavy atom. The van der Waals surface area contributed by atoms with Crippen molar-refractivity contribution in [3.05, 3.63) is 23.8 Å². The van der Waals surface area contributed by atoms with Gasteiger partial charge in [-0.25, -0.2) is 4.79 Å². The maximum absolute atomic E-state index is 12.9. The number of hydrogen-bond donors (Lipinski definition) is 3. The van der Waals surface area contributed by atoms with Gasteiger partial charge in [-0.15, -0.1) is 0 Å². The van der Waals surface area contributed by atoms with Gasteiger partial charge in [-0.05, 0) is 43.4 Å². The molecule has 2 unspecified atom stereocenters. The lowest BCUT2D eigenvalue weighted by Crippen LogP contribution is -2.43. The van der Waals surface area contributed by atoms with Crippen molar-refractivity contribution >= 4 is 33.5 Å². The minimum atomic E-state index is -0.820. The van der Waals surface area contributed by atoms with Gasteiger partial charge >= 0.3 is 5.97 Å². The lowest BCUT2D eigenvalue weighted by atomic mass is 10.0. The number of unbranched alkanes of at least 4 members (excludes halogenated alkanes) is 14. The third kappa shape index (κ3) is 17.2. The molecule has 1 saturated heterocycles. The molecular weight excluding hydrogens is 554 g/mol. The summed E-state index contributed by atoms with van der Waals surface area (Å²) in [5.74, 6) is 0.158. The van der Waals surface area contributed by atoms with Gasteiger partial charge in [0, 0.05) is 23.8 Å². The van der Waals surface area contributed by atoms with Crippen LogP contribution >= 0.6 is 21.6 Å². The molecule has 0 saturated carbocycles. The van der Waals surface area contributed by atoms with Crippen molar-refractivity contribution in [2.24, 2.45) is 0 Å². The number of benzene rings is 1. The molecule has 8 heteroatoms. The van der Waals surface area contributed by atoms with E-state index in [4.69, 9.17) is 4.74 Å². The average molecular weight is 610 g/mol. The molecule has 0 bridgehead atoms.